The Morgan fingerprint density at radius 3 is 2.61 bits per heavy atom. The van der Waals surface area contributed by atoms with Gasteiger partial charge in [-0.1, -0.05) is 12.1 Å². The number of nitrogens with zero attached hydrogens (tertiary/aromatic N) is 1. The summed E-state index contributed by atoms with van der Waals surface area (Å²) in [5, 5.41) is 5.90. The van der Waals surface area contributed by atoms with Crippen LogP contribution in [0.15, 0.2) is 70.3 Å². The number of hydrogen-bond donors (Lipinski definition) is 3. The third-order valence-corrected chi connectivity index (χ3v) is 4.45. The van der Waals surface area contributed by atoms with Gasteiger partial charge in [0, 0.05) is 11.6 Å². The van der Waals surface area contributed by atoms with Crippen LogP contribution in [0.5, 0.6) is 11.5 Å². The predicted octanol–water partition coefficient (Wildman–Crippen LogP) is 4.55. The molecule has 3 aromatic rings. The maximum atomic E-state index is 12.4. The number of ether oxygens (including phenoxy) is 2. The van der Waals surface area contributed by atoms with Crippen LogP contribution in [0.3, 0.4) is 0 Å². The van der Waals surface area contributed by atoms with Crippen molar-refractivity contribution in [2.24, 2.45) is 10.7 Å². The van der Waals surface area contributed by atoms with Gasteiger partial charge >= 0.3 is 0 Å². The molecule has 0 aliphatic heterocycles. The first-order chi connectivity index (χ1) is 15.6. The Hall–Kier alpha value is -3.21. The fourth-order valence-corrected chi connectivity index (χ4v) is 2.99. The SMILES string of the molecule is CCOc1ccc(OCC)c(NC(N)=NCc2cccc(C(=O)NCc3ccco3)c2)c1.I. The summed E-state index contributed by atoms with van der Waals surface area (Å²) in [7, 11) is 0. The molecule has 0 saturated carbocycles. The normalized spacial score (nSPS) is 10.8. The summed E-state index contributed by atoms with van der Waals surface area (Å²) in [6, 6.07) is 16.3. The Kier molecular flexibility index (Phi) is 10.5. The third-order valence-electron chi connectivity index (χ3n) is 4.45. The van der Waals surface area contributed by atoms with Crippen LogP contribution in [0.25, 0.3) is 0 Å². The van der Waals surface area contributed by atoms with Crippen molar-refractivity contribution in [3.8, 4) is 11.5 Å². The van der Waals surface area contributed by atoms with Crippen LogP contribution >= 0.6 is 24.0 Å². The molecule has 0 fully saturated rings. The number of carbonyl (C=O) groups excluding carboxylic acids is 1. The van der Waals surface area contributed by atoms with Gasteiger partial charge in [0.2, 0.25) is 0 Å². The van der Waals surface area contributed by atoms with E-state index in [1.807, 2.05) is 50.2 Å². The molecule has 0 atom stereocenters. The van der Waals surface area contributed by atoms with E-state index in [4.69, 9.17) is 19.6 Å². The molecule has 1 aromatic heterocycles. The first-order valence-corrected chi connectivity index (χ1v) is 10.4. The Bertz CT molecular complexity index is 1050. The molecule has 0 unspecified atom stereocenters. The summed E-state index contributed by atoms with van der Waals surface area (Å²) >= 11 is 0. The Morgan fingerprint density at radius 1 is 1.06 bits per heavy atom. The molecular formula is C24H29IN4O4. The standard InChI is InChI=1S/C24H28N4O4.HI/c1-3-30-19-10-11-22(31-4-2)21(14-19)28-24(25)27-15-17-7-5-8-18(13-17)23(29)26-16-20-9-6-12-32-20;/h5-14H,3-4,15-16H2,1-2H3,(H,26,29)(H3,25,27,28);1H. The van der Waals surface area contributed by atoms with Gasteiger partial charge in [-0.2, -0.15) is 0 Å². The fraction of sp³-hybridized carbons (Fsp3) is 0.250. The van der Waals surface area contributed by atoms with Crippen molar-refractivity contribution in [1.82, 2.24) is 5.32 Å². The average Bonchev–Trinajstić information content (AvgIpc) is 3.32. The molecule has 2 aromatic carbocycles. The van der Waals surface area contributed by atoms with Gasteiger partial charge in [-0.25, -0.2) is 4.99 Å². The van der Waals surface area contributed by atoms with E-state index in [1.165, 1.54) is 0 Å². The van der Waals surface area contributed by atoms with Crippen LogP contribution in [0, 0.1) is 0 Å². The minimum Gasteiger partial charge on any atom is -0.494 e. The zero-order valence-corrected chi connectivity index (χ0v) is 21.0. The molecular weight excluding hydrogens is 535 g/mol. The van der Waals surface area contributed by atoms with Crippen LogP contribution < -0.4 is 25.8 Å². The Morgan fingerprint density at radius 2 is 1.88 bits per heavy atom. The highest BCUT2D eigenvalue weighted by Crippen LogP contribution is 2.29. The number of rotatable bonds is 10. The van der Waals surface area contributed by atoms with Crippen molar-refractivity contribution in [1.29, 1.82) is 0 Å². The highest BCUT2D eigenvalue weighted by molar-refractivity contribution is 14.0. The average molecular weight is 564 g/mol. The van der Waals surface area contributed by atoms with Crippen molar-refractivity contribution >= 4 is 41.5 Å². The van der Waals surface area contributed by atoms with Crippen LogP contribution in [-0.4, -0.2) is 25.1 Å². The zero-order valence-electron chi connectivity index (χ0n) is 18.7. The molecule has 0 bridgehead atoms. The number of benzene rings is 2. The van der Waals surface area contributed by atoms with E-state index in [9.17, 15) is 4.79 Å². The number of halogens is 1. The van der Waals surface area contributed by atoms with Gasteiger partial charge < -0.3 is 30.3 Å². The summed E-state index contributed by atoms with van der Waals surface area (Å²) < 4.78 is 16.4. The monoisotopic (exact) mass is 564 g/mol. The van der Waals surface area contributed by atoms with E-state index < -0.39 is 0 Å². The smallest absolute Gasteiger partial charge is 0.251 e. The van der Waals surface area contributed by atoms with Crippen molar-refractivity contribution in [2.75, 3.05) is 18.5 Å². The Labute approximate surface area is 210 Å². The van der Waals surface area contributed by atoms with Gasteiger partial charge in [-0.3, -0.25) is 4.79 Å². The lowest BCUT2D eigenvalue weighted by atomic mass is 10.1. The van der Waals surface area contributed by atoms with Gasteiger partial charge in [-0.15, -0.1) is 24.0 Å². The molecule has 0 spiro atoms. The molecule has 0 radical (unpaired) electrons. The Balaban J connectivity index is 0.00000385. The van der Waals surface area contributed by atoms with E-state index in [2.05, 4.69) is 15.6 Å². The molecule has 33 heavy (non-hydrogen) atoms. The molecule has 0 saturated heterocycles. The molecule has 9 heteroatoms. The quantitative estimate of drug-likeness (QED) is 0.189. The third kappa shape index (κ3) is 8.01. The van der Waals surface area contributed by atoms with E-state index in [1.54, 1.807) is 24.5 Å². The van der Waals surface area contributed by atoms with Gasteiger partial charge in [-0.05, 0) is 55.8 Å². The zero-order chi connectivity index (χ0) is 22.8. The van der Waals surface area contributed by atoms with Crippen LogP contribution in [0.1, 0.15) is 35.5 Å². The van der Waals surface area contributed by atoms with E-state index in [0.29, 0.717) is 54.8 Å². The molecule has 1 amide bonds. The van der Waals surface area contributed by atoms with Crippen molar-refractivity contribution in [2.45, 2.75) is 26.9 Å². The van der Waals surface area contributed by atoms with Crippen LogP contribution in [0.4, 0.5) is 5.69 Å². The van der Waals surface area contributed by atoms with Crippen LogP contribution in [-0.2, 0) is 13.1 Å². The lowest BCUT2D eigenvalue weighted by Crippen LogP contribution is -2.23. The predicted molar refractivity (Wildman–Crippen MR) is 139 cm³/mol. The minimum atomic E-state index is -0.188. The molecule has 4 N–H and O–H groups in total. The number of anilines is 1. The lowest BCUT2D eigenvalue weighted by molar-refractivity contribution is 0.0948. The van der Waals surface area contributed by atoms with Gasteiger partial charge in [0.05, 0.1) is 38.3 Å². The number of nitrogens with two attached hydrogens (primary N) is 1. The molecule has 1 heterocycles. The number of hydrogen-bond acceptors (Lipinski definition) is 5. The summed E-state index contributed by atoms with van der Waals surface area (Å²) in [4.78, 5) is 16.8. The number of aliphatic imine (C=N–C) groups is 1. The van der Waals surface area contributed by atoms with Crippen molar-refractivity contribution in [3.63, 3.8) is 0 Å². The first-order valence-electron chi connectivity index (χ1n) is 10.4. The van der Waals surface area contributed by atoms with Crippen LogP contribution in [0.2, 0.25) is 0 Å². The van der Waals surface area contributed by atoms with Gasteiger partial charge in [0.1, 0.15) is 17.3 Å². The summed E-state index contributed by atoms with van der Waals surface area (Å²) in [5.74, 6) is 2.10. The van der Waals surface area contributed by atoms with E-state index in [0.717, 1.165) is 5.56 Å². The number of carbonyl (C=O) groups is 1. The summed E-state index contributed by atoms with van der Waals surface area (Å²) in [5.41, 5.74) is 8.16. The molecule has 8 nitrogen and oxygen atoms in total. The fourth-order valence-electron chi connectivity index (χ4n) is 2.99. The number of guanidine groups is 1. The molecule has 176 valence electrons. The lowest BCUT2D eigenvalue weighted by Gasteiger charge is -2.14. The first kappa shape index (κ1) is 26.0. The van der Waals surface area contributed by atoms with E-state index in [-0.39, 0.29) is 35.8 Å². The summed E-state index contributed by atoms with van der Waals surface area (Å²) in [6.07, 6.45) is 1.57. The second-order valence-corrected chi connectivity index (χ2v) is 6.81. The second kappa shape index (κ2) is 13.4. The van der Waals surface area contributed by atoms with Gasteiger partial charge in [0.15, 0.2) is 5.96 Å². The highest BCUT2D eigenvalue weighted by Gasteiger charge is 2.09. The maximum absolute atomic E-state index is 12.4. The van der Waals surface area contributed by atoms with Gasteiger partial charge in [0.25, 0.3) is 5.91 Å². The topological polar surface area (TPSA) is 111 Å². The number of amides is 1. The second-order valence-electron chi connectivity index (χ2n) is 6.81. The molecule has 0 aliphatic rings. The van der Waals surface area contributed by atoms with Crippen molar-refractivity contribution in [3.05, 3.63) is 77.7 Å². The number of furan rings is 1. The maximum Gasteiger partial charge on any atom is 0.251 e. The minimum absolute atomic E-state index is 0. The largest absolute Gasteiger partial charge is 0.494 e. The molecule has 3 rings (SSSR count). The highest BCUT2D eigenvalue weighted by atomic mass is 127. The summed E-state index contributed by atoms with van der Waals surface area (Å²) in [6.45, 7) is 5.55. The van der Waals surface area contributed by atoms with E-state index >= 15 is 0 Å². The number of nitrogens with one attached hydrogen (secondary N) is 2. The van der Waals surface area contributed by atoms with Crippen molar-refractivity contribution < 1.29 is 18.7 Å². The molecule has 0 aliphatic carbocycles.